The molecular weight excluding hydrogens is 184 g/mol. The van der Waals surface area contributed by atoms with Crippen LogP contribution in [0.5, 0.6) is 0 Å². The second kappa shape index (κ2) is 5.86. The lowest BCUT2D eigenvalue weighted by atomic mass is 9.98. The van der Waals surface area contributed by atoms with Crippen LogP contribution in [0.4, 0.5) is 0 Å². The van der Waals surface area contributed by atoms with Crippen LogP contribution in [0.15, 0.2) is 0 Å². The van der Waals surface area contributed by atoms with Gasteiger partial charge in [-0.3, -0.25) is 0 Å². The van der Waals surface area contributed by atoms with Crippen LogP contribution in [0, 0.1) is 5.92 Å². The Bertz CT molecular complexity index is 177. The van der Waals surface area contributed by atoms with Gasteiger partial charge >= 0.3 is 0 Å². The number of rotatable bonds is 5. The summed E-state index contributed by atoms with van der Waals surface area (Å²) >= 11 is 0. The van der Waals surface area contributed by atoms with Crippen LogP contribution in [-0.4, -0.2) is 37.1 Å². The number of nitrogens with zero attached hydrogens (tertiary/aromatic N) is 1. The van der Waals surface area contributed by atoms with Crippen molar-refractivity contribution in [3.05, 3.63) is 0 Å². The molecule has 15 heavy (non-hydrogen) atoms. The van der Waals surface area contributed by atoms with Gasteiger partial charge in [-0.2, -0.15) is 0 Å². The molecule has 0 aromatic heterocycles. The topological polar surface area (TPSA) is 15.3 Å². The molecule has 2 nitrogen and oxygen atoms in total. The van der Waals surface area contributed by atoms with E-state index >= 15 is 0 Å². The number of likely N-dealkylation sites (tertiary alicyclic amines) is 1. The second-order valence-corrected chi connectivity index (χ2v) is 5.28. The fraction of sp³-hybridized carbons (Fsp3) is 1.00. The Kier molecular flexibility index (Phi) is 4.45. The number of hydrogen-bond donors (Lipinski definition) is 1. The minimum atomic E-state index is 0.875. The smallest absolute Gasteiger partial charge is 0.0107 e. The van der Waals surface area contributed by atoms with Gasteiger partial charge in [0, 0.05) is 19.1 Å². The SMILES string of the molecule is CCC1CCCN(CCNC2CC2)CC1. The van der Waals surface area contributed by atoms with Gasteiger partial charge in [0.05, 0.1) is 0 Å². The normalized spacial score (nSPS) is 29.0. The Labute approximate surface area is 94.4 Å². The third-order valence-electron chi connectivity index (χ3n) is 3.96. The van der Waals surface area contributed by atoms with Gasteiger partial charge in [-0.1, -0.05) is 13.3 Å². The summed E-state index contributed by atoms with van der Waals surface area (Å²) < 4.78 is 0. The molecule has 88 valence electrons. The zero-order chi connectivity index (χ0) is 10.5. The molecular formula is C13H26N2. The summed E-state index contributed by atoms with van der Waals surface area (Å²) in [5.41, 5.74) is 0. The summed E-state index contributed by atoms with van der Waals surface area (Å²) in [6, 6.07) is 0.875. The van der Waals surface area contributed by atoms with Crippen LogP contribution in [0.1, 0.15) is 45.4 Å². The van der Waals surface area contributed by atoms with Crippen molar-refractivity contribution in [1.29, 1.82) is 0 Å². The monoisotopic (exact) mass is 210 g/mol. The molecule has 0 aromatic rings. The van der Waals surface area contributed by atoms with Crippen molar-refractivity contribution in [2.24, 2.45) is 5.92 Å². The van der Waals surface area contributed by atoms with E-state index in [4.69, 9.17) is 0 Å². The van der Waals surface area contributed by atoms with Gasteiger partial charge in [0.1, 0.15) is 0 Å². The van der Waals surface area contributed by atoms with Crippen LogP contribution in [0.3, 0.4) is 0 Å². The third-order valence-corrected chi connectivity index (χ3v) is 3.96. The highest BCUT2D eigenvalue weighted by Crippen LogP contribution is 2.20. The van der Waals surface area contributed by atoms with Gasteiger partial charge in [0.15, 0.2) is 0 Å². The van der Waals surface area contributed by atoms with Crippen molar-refractivity contribution < 1.29 is 0 Å². The van der Waals surface area contributed by atoms with Gasteiger partial charge in [-0.15, -0.1) is 0 Å². The molecule has 2 fully saturated rings. The van der Waals surface area contributed by atoms with E-state index in [2.05, 4.69) is 17.1 Å². The van der Waals surface area contributed by atoms with Crippen LogP contribution in [0.25, 0.3) is 0 Å². The number of nitrogens with one attached hydrogen (secondary N) is 1. The standard InChI is InChI=1S/C13H26N2/c1-2-12-4-3-9-15(10-7-12)11-8-14-13-5-6-13/h12-14H,2-11H2,1H3. The molecule has 2 aliphatic rings. The summed E-state index contributed by atoms with van der Waals surface area (Å²) in [7, 11) is 0. The van der Waals surface area contributed by atoms with Crippen molar-refractivity contribution in [2.75, 3.05) is 26.2 Å². The highest BCUT2D eigenvalue weighted by Gasteiger charge is 2.20. The zero-order valence-electron chi connectivity index (χ0n) is 10.2. The minimum Gasteiger partial charge on any atom is -0.313 e. The maximum atomic E-state index is 3.61. The molecule has 1 saturated carbocycles. The molecule has 0 spiro atoms. The Balaban J connectivity index is 1.59. The van der Waals surface area contributed by atoms with Crippen molar-refractivity contribution in [1.82, 2.24) is 10.2 Å². The molecule has 1 aliphatic heterocycles. The first-order chi connectivity index (χ1) is 7.38. The largest absolute Gasteiger partial charge is 0.313 e. The maximum Gasteiger partial charge on any atom is 0.0107 e. The van der Waals surface area contributed by atoms with Gasteiger partial charge < -0.3 is 10.2 Å². The molecule has 2 rings (SSSR count). The Morgan fingerprint density at radius 1 is 1.13 bits per heavy atom. The minimum absolute atomic E-state index is 0.875. The highest BCUT2D eigenvalue weighted by atomic mass is 15.1. The van der Waals surface area contributed by atoms with E-state index in [1.54, 1.807) is 0 Å². The van der Waals surface area contributed by atoms with E-state index in [-0.39, 0.29) is 0 Å². The molecule has 1 unspecified atom stereocenters. The number of hydrogen-bond acceptors (Lipinski definition) is 2. The van der Waals surface area contributed by atoms with Crippen molar-refractivity contribution in [2.45, 2.75) is 51.5 Å². The summed E-state index contributed by atoms with van der Waals surface area (Å²) in [5.74, 6) is 1.01. The van der Waals surface area contributed by atoms with E-state index in [9.17, 15) is 0 Å². The molecule has 0 bridgehead atoms. The third kappa shape index (κ3) is 4.12. The van der Waals surface area contributed by atoms with Crippen LogP contribution in [0.2, 0.25) is 0 Å². The Hall–Kier alpha value is -0.0800. The van der Waals surface area contributed by atoms with E-state index in [1.165, 1.54) is 64.7 Å². The summed E-state index contributed by atoms with van der Waals surface area (Å²) in [5, 5.41) is 3.61. The fourth-order valence-electron chi connectivity index (χ4n) is 2.57. The van der Waals surface area contributed by atoms with E-state index in [0.717, 1.165) is 12.0 Å². The van der Waals surface area contributed by atoms with E-state index in [1.807, 2.05) is 0 Å². The molecule has 1 N–H and O–H groups in total. The van der Waals surface area contributed by atoms with Gasteiger partial charge in [0.2, 0.25) is 0 Å². The second-order valence-electron chi connectivity index (χ2n) is 5.28. The fourth-order valence-corrected chi connectivity index (χ4v) is 2.57. The highest BCUT2D eigenvalue weighted by molar-refractivity contribution is 4.81. The Morgan fingerprint density at radius 3 is 2.73 bits per heavy atom. The quantitative estimate of drug-likeness (QED) is 0.749. The average molecular weight is 210 g/mol. The molecule has 0 radical (unpaired) electrons. The van der Waals surface area contributed by atoms with Crippen molar-refractivity contribution in [3.8, 4) is 0 Å². The molecule has 2 heteroatoms. The van der Waals surface area contributed by atoms with Gasteiger partial charge in [-0.05, 0) is 51.1 Å². The molecule has 1 aliphatic carbocycles. The first kappa shape index (κ1) is 11.4. The Morgan fingerprint density at radius 2 is 2.00 bits per heavy atom. The lowest BCUT2D eigenvalue weighted by Gasteiger charge is -2.20. The first-order valence-corrected chi connectivity index (χ1v) is 6.84. The summed E-state index contributed by atoms with van der Waals surface area (Å²) in [6.45, 7) is 7.50. The zero-order valence-corrected chi connectivity index (χ0v) is 10.2. The average Bonchev–Trinajstić information content (AvgIpc) is 3.05. The van der Waals surface area contributed by atoms with Gasteiger partial charge in [0.25, 0.3) is 0 Å². The predicted molar refractivity (Wildman–Crippen MR) is 65.1 cm³/mol. The molecule has 1 saturated heterocycles. The van der Waals surface area contributed by atoms with Crippen LogP contribution >= 0.6 is 0 Å². The summed E-state index contributed by atoms with van der Waals surface area (Å²) in [6.07, 6.45) is 8.52. The maximum absolute atomic E-state index is 3.61. The van der Waals surface area contributed by atoms with Crippen molar-refractivity contribution >= 4 is 0 Å². The molecule has 1 heterocycles. The van der Waals surface area contributed by atoms with Crippen LogP contribution in [-0.2, 0) is 0 Å². The van der Waals surface area contributed by atoms with Crippen molar-refractivity contribution in [3.63, 3.8) is 0 Å². The predicted octanol–water partition coefficient (Wildman–Crippen LogP) is 2.25. The lowest BCUT2D eigenvalue weighted by molar-refractivity contribution is 0.279. The molecule has 0 amide bonds. The first-order valence-electron chi connectivity index (χ1n) is 6.84. The summed E-state index contributed by atoms with van der Waals surface area (Å²) in [4.78, 5) is 2.66. The van der Waals surface area contributed by atoms with Gasteiger partial charge in [-0.25, -0.2) is 0 Å². The van der Waals surface area contributed by atoms with E-state index in [0.29, 0.717) is 0 Å². The van der Waals surface area contributed by atoms with Crippen LogP contribution < -0.4 is 5.32 Å². The molecule has 0 aromatic carbocycles. The van der Waals surface area contributed by atoms with E-state index < -0.39 is 0 Å². The lowest BCUT2D eigenvalue weighted by Crippen LogP contribution is -2.33. The molecule has 1 atom stereocenters.